The molecule has 0 N–H and O–H groups in total. The first-order chi connectivity index (χ1) is 14.1. The highest BCUT2D eigenvalue weighted by Gasteiger charge is 2.35. The van der Waals surface area contributed by atoms with Gasteiger partial charge in [-0.05, 0) is 36.8 Å². The van der Waals surface area contributed by atoms with Crippen LogP contribution in [0.2, 0.25) is 0 Å². The lowest BCUT2D eigenvalue weighted by Crippen LogP contribution is -2.31. The topological polar surface area (TPSA) is 72.1 Å². The van der Waals surface area contributed by atoms with Crippen molar-refractivity contribution in [2.75, 3.05) is 6.61 Å². The van der Waals surface area contributed by atoms with Crippen LogP contribution in [0.15, 0.2) is 76.4 Å². The summed E-state index contributed by atoms with van der Waals surface area (Å²) in [6, 6.07) is 18.0. The monoisotopic (exact) mass is 388 g/mol. The van der Waals surface area contributed by atoms with Crippen LogP contribution in [0.5, 0.6) is 5.75 Å². The van der Waals surface area contributed by atoms with Gasteiger partial charge in [-0.15, -0.1) is 0 Å². The Labute approximate surface area is 168 Å². The summed E-state index contributed by atoms with van der Waals surface area (Å²) in [6.07, 6.45) is 2.88. The second-order valence-electron chi connectivity index (χ2n) is 6.87. The summed E-state index contributed by atoms with van der Waals surface area (Å²) in [4.78, 5) is 23.8. The average molecular weight is 388 g/mol. The van der Waals surface area contributed by atoms with Crippen LogP contribution in [0, 0.1) is 6.92 Å². The van der Waals surface area contributed by atoms with Crippen LogP contribution < -0.4 is 4.74 Å². The summed E-state index contributed by atoms with van der Waals surface area (Å²) in [7, 11) is 0. The lowest BCUT2D eigenvalue weighted by atomic mass is 10.0. The molecule has 29 heavy (non-hydrogen) atoms. The zero-order chi connectivity index (χ0) is 20.2. The highest BCUT2D eigenvalue weighted by Crippen LogP contribution is 2.33. The number of hydrazone groups is 1. The van der Waals surface area contributed by atoms with Crippen LogP contribution in [0.4, 0.5) is 0 Å². The number of rotatable bonds is 6. The van der Waals surface area contributed by atoms with Crippen molar-refractivity contribution in [3.05, 3.63) is 89.4 Å². The lowest BCUT2D eigenvalue weighted by molar-refractivity contribution is -0.135. The van der Waals surface area contributed by atoms with Crippen molar-refractivity contribution in [2.45, 2.75) is 19.4 Å². The van der Waals surface area contributed by atoms with E-state index in [9.17, 15) is 9.59 Å². The molecule has 0 saturated carbocycles. The molecule has 1 atom stereocenters. The molecule has 4 rings (SSSR count). The molecule has 3 aromatic rings. The minimum atomic E-state index is -0.321. The van der Waals surface area contributed by atoms with Gasteiger partial charge in [-0.3, -0.25) is 9.59 Å². The molecule has 146 valence electrons. The van der Waals surface area contributed by atoms with Crippen LogP contribution >= 0.6 is 0 Å². The van der Waals surface area contributed by atoms with Gasteiger partial charge in [0.2, 0.25) is 0 Å². The third-order valence-corrected chi connectivity index (χ3v) is 4.78. The lowest BCUT2D eigenvalue weighted by Gasteiger charge is -2.20. The van der Waals surface area contributed by atoms with Gasteiger partial charge in [0.05, 0.1) is 12.0 Å². The first kappa shape index (κ1) is 18.7. The SMILES string of the molecule is Cc1ccc(C2=NN(C(=O)COc3cccc(C=O)c3)[C@@H](c3ccco3)C2)cc1. The Morgan fingerprint density at radius 3 is 2.76 bits per heavy atom. The molecule has 0 saturated heterocycles. The highest BCUT2D eigenvalue weighted by atomic mass is 16.5. The van der Waals surface area contributed by atoms with E-state index in [-0.39, 0.29) is 18.6 Å². The van der Waals surface area contributed by atoms with Crippen molar-refractivity contribution in [1.82, 2.24) is 5.01 Å². The summed E-state index contributed by atoms with van der Waals surface area (Å²) in [6.45, 7) is 1.84. The second-order valence-corrected chi connectivity index (χ2v) is 6.87. The summed E-state index contributed by atoms with van der Waals surface area (Å²) < 4.78 is 11.1. The Morgan fingerprint density at radius 1 is 1.21 bits per heavy atom. The maximum absolute atomic E-state index is 12.9. The Bertz CT molecular complexity index is 1040. The van der Waals surface area contributed by atoms with E-state index >= 15 is 0 Å². The van der Waals surface area contributed by atoms with Gasteiger partial charge < -0.3 is 9.15 Å². The van der Waals surface area contributed by atoms with Crippen LogP contribution in [0.3, 0.4) is 0 Å². The number of carbonyl (C=O) groups excluding carboxylic acids is 2. The smallest absolute Gasteiger partial charge is 0.281 e. The minimum Gasteiger partial charge on any atom is -0.484 e. The molecule has 0 fully saturated rings. The quantitative estimate of drug-likeness (QED) is 0.595. The number of hydrogen-bond acceptors (Lipinski definition) is 5. The number of nitrogens with zero attached hydrogens (tertiary/aromatic N) is 2. The zero-order valence-corrected chi connectivity index (χ0v) is 15.9. The van der Waals surface area contributed by atoms with E-state index in [2.05, 4.69) is 5.10 Å². The molecule has 2 heterocycles. The molecular weight excluding hydrogens is 368 g/mol. The number of furan rings is 1. The molecular formula is C23H20N2O4. The van der Waals surface area contributed by atoms with Gasteiger partial charge in [0.1, 0.15) is 23.8 Å². The number of amides is 1. The average Bonchev–Trinajstić information content (AvgIpc) is 3.42. The molecule has 0 spiro atoms. The van der Waals surface area contributed by atoms with E-state index in [1.807, 2.05) is 37.3 Å². The fourth-order valence-corrected chi connectivity index (χ4v) is 3.25. The Hall–Kier alpha value is -3.67. The normalized spacial score (nSPS) is 15.8. The number of benzene rings is 2. The molecule has 1 aromatic heterocycles. The summed E-state index contributed by atoms with van der Waals surface area (Å²) in [5.41, 5.74) is 3.45. The molecule has 1 aliphatic rings. The van der Waals surface area contributed by atoms with Gasteiger partial charge in [-0.1, -0.05) is 42.0 Å². The standard InChI is InChI=1S/C23H20N2O4/c1-16-7-9-18(10-8-16)20-13-21(22-6-3-11-28-22)25(24-20)23(27)15-29-19-5-2-4-17(12-19)14-26/h2-12,14,21H,13,15H2,1H3/t21-/m1/s1. The highest BCUT2D eigenvalue weighted by molar-refractivity contribution is 6.03. The van der Waals surface area contributed by atoms with E-state index in [1.54, 1.807) is 36.6 Å². The van der Waals surface area contributed by atoms with Gasteiger partial charge >= 0.3 is 0 Å². The van der Waals surface area contributed by atoms with Crippen molar-refractivity contribution >= 4 is 17.9 Å². The maximum Gasteiger partial charge on any atom is 0.281 e. The van der Waals surface area contributed by atoms with Crippen molar-refractivity contribution in [1.29, 1.82) is 0 Å². The molecule has 6 nitrogen and oxygen atoms in total. The van der Waals surface area contributed by atoms with Crippen LogP contribution in [-0.2, 0) is 4.79 Å². The van der Waals surface area contributed by atoms with Gasteiger partial charge in [-0.25, -0.2) is 5.01 Å². The third-order valence-electron chi connectivity index (χ3n) is 4.78. The summed E-state index contributed by atoms with van der Waals surface area (Å²) >= 11 is 0. The van der Waals surface area contributed by atoms with Gasteiger partial charge in [0, 0.05) is 12.0 Å². The van der Waals surface area contributed by atoms with Crippen LogP contribution in [0.25, 0.3) is 0 Å². The molecule has 0 unspecified atom stereocenters. The summed E-state index contributed by atoms with van der Waals surface area (Å²) in [5.74, 6) is 0.844. The predicted molar refractivity (Wildman–Crippen MR) is 108 cm³/mol. The number of aryl methyl sites for hydroxylation is 1. The largest absolute Gasteiger partial charge is 0.484 e. The summed E-state index contributed by atoms with van der Waals surface area (Å²) in [5, 5.41) is 6.00. The number of hydrogen-bond donors (Lipinski definition) is 0. The third kappa shape index (κ3) is 4.11. The Kier molecular flexibility index (Phi) is 5.24. The van der Waals surface area contributed by atoms with E-state index < -0.39 is 0 Å². The molecule has 6 heteroatoms. The van der Waals surface area contributed by atoms with E-state index in [0.717, 1.165) is 23.1 Å². The zero-order valence-electron chi connectivity index (χ0n) is 15.9. The molecule has 0 bridgehead atoms. The number of aldehydes is 1. The molecule has 0 radical (unpaired) electrons. The second kappa shape index (κ2) is 8.14. The van der Waals surface area contributed by atoms with E-state index in [1.165, 1.54) is 5.01 Å². The Morgan fingerprint density at radius 2 is 2.03 bits per heavy atom. The van der Waals surface area contributed by atoms with Crippen molar-refractivity contribution < 1.29 is 18.7 Å². The van der Waals surface area contributed by atoms with E-state index in [4.69, 9.17) is 9.15 Å². The molecule has 1 amide bonds. The van der Waals surface area contributed by atoms with Gasteiger partial charge in [0.15, 0.2) is 6.61 Å². The van der Waals surface area contributed by atoms with Crippen LogP contribution in [-0.4, -0.2) is 29.5 Å². The molecule has 2 aromatic carbocycles. The number of carbonyl (C=O) groups is 2. The maximum atomic E-state index is 12.9. The minimum absolute atomic E-state index is 0.190. The fraction of sp³-hybridized carbons (Fsp3) is 0.174. The number of ether oxygens (including phenoxy) is 1. The van der Waals surface area contributed by atoms with Gasteiger partial charge in [0.25, 0.3) is 5.91 Å². The molecule has 0 aliphatic carbocycles. The first-order valence-electron chi connectivity index (χ1n) is 9.32. The predicted octanol–water partition coefficient (Wildman–Crippen LogP) is 4.16. The van der Waals surface area contributed by atoms with Crippen molar-refractivity contribution in [3.8, 4) is 5.75 Å². The Balaban J connectivity index is 1.54. The van der Waals surface area contributed by atoms with Crippen molar-refractivity contribution in [3.63, 3.8) is 0 Å². The first-order valence-corrected chi connectivity index (χ1v) is 9.32. The van der Waals surface area contributed by atoms with Crippen LogP contribution in [0.1, 0.15) is 39.7 Å². The van der Waals surface area contributed by atoms with Crippen molar-refractivity contribution in [2.24, 2.45) is 5.10 Å². The fourth-order valence-electron chi connectivity index (χ4n) is 3.25. The van der Waals surface area contributed by atoms with E-state index in [0.29, 0.717) is 23.5 Å². The van der Waals surface area contributed by atoms with Gasteiger partial charge in [-0.2, -0.15) is 5.10 Å². The molecule has 1 aliphatic heterocycles.